The van der Waals surface area contributed by atoms with Crippen LogP contribution in [0.25, 0.3) is 0 Å². The van der Waals surface area contributed by atoms with Crippen molar-refractivity contribution in [2.75, 3.05) is 39.3 Å². The zero-order valence-electron chi connectivity index (χ0n) is 12.1. The van der Waals surface area contributed by atoms with Crippen molar-refractivity contribution in [3.8, 4) is 0 Å². The molecule has 0 radical (unpaired) electrons. The maximum atomic E-state index is 4.77. The second-order valence-corrected chi connectivity index (χ2v) is 4.04. The van der Waals surface area contributed by atoms with E-state index in [4.69, 9.17) is 4.99 Å². The smallest absolute Gasteiger partial charge is 0.300 e. The molecule has 0 aromatic heterocycles. The van der Waals surface area contributed by atoms with Crippen LogP contribution in [-0.4, -0.2) is 54.6 Å². The highest BCUT2D eigenvalue weighted by Crippen LogP contribution is 2.12. The largest absolute Gasteiger partial charge is 0.312 e. The molecule has 0 spiro atoms. The zero-order chi connectivity index (χ0) is 12.6. The van der Waals surface area contributed by atoms with Crippen molar-refractivity contribution in [3.05, 3.63) is 0 Å². The standard InChI is InChI=1S/C13H30N3/c1-7-14-13(15(8-2)9-3)16(10-4,11-5)12-6/h7-12H2,1-6H3/q+1. The zero-order valence-corrected chi connectivity index (χ0v) is 12.1. The lowest BCUT2D eigenvalue weighted by molar-refractivity contribution is -0.841. The molecule has 3 nitrogen and oxygen atoms in total. The Hall–Kier alpha value is -0.570. The van der Waals surface area contributed by atoms with Gasteiger partial charge in [-0.3, -0.25) is 4.48 Å². The molecule has 0 aromatic rings. The van der Waals surface area contributed by atoms with Crippen LogP contribution in [0.5, 0.6) is 0 Å². The first-order chi connectivity index (χ1) is 7.65. The maximum Gasteiger partial charge on any atom is 0.300 e. The van der Waals surface area contributed by atoms with E-state index in [9.17, 15) is 0 Å². The van der Waals surface area contributed by atoms with Crippen LogP contribution < -0.4 is 0 Å². The first-order valence-corrected chi connectivity index (χ1v) is 6.81. The highest BCUT2D eigenvalue weighted by molar-refractivity contribution is 5.73. The Labute approximate surface area is 102 Å². The van der Waals surface area contributed by atoms with Gasteiger partial charge in [0.15, 0.2) is 0 Å². The minimum absolute atomic E-state index is 0.881. The third-order valence-electron chi connectivity index (χ3n) is 3.59. The molecule has 96 valence electrons. The summed E-state index contributed by atoms with van der Waals surface area (Å²) in [7, 11) is 0. The van der Waals surface area contributed by atoms with Crippen LogP contribution >= 0.6 is 0 Å². The minimum Gasteiger partial charge on any atom is -0.312 e. The van der Waals surface area contributed by atoms with Gasteiger partial charge in [-0.05, 0) is 41.5 Å². The molecule has 3 heteroatoms. The van der Waals surface area contributed by atoms with Gasteiger partial charge in [0.2, 0.25) is 0 Å². The average Bonchev–Trinajstić information content (AvgIpc) is 2.33. The Bertz CT molecular complexity index is 195. The van der Waals surface area contributed by atoms with Crippen molar-refractivity contribution >= 4 is 5.96 Å². The summed E-state index contributed by atoms with van der Waals surface area (Å²) in [5, 5.41) is 0. The molecule has 0 aliphatic rings. The Morgan fingerprint density at radius 1 is 0.875 bits per heavy atom. The number of hydrogen-bond acceptors (Lipinski definition) is 1. The summed E-state index contributed by atoms with van der Waals surface area (Å²) in [5.74, 6) is 1.28. The topological polar surface area (TPSA) is 15.6 Å². The average molecular weight is 228 g/mol. The first-order valence-electron chi connectivity index (χ1n) is 6.81. The van der Waals surface area contributed by atoms with Crippen molar-refractivity contribution in [2.45, 2.75) is 41.5 Å². The molecular formula is C13H30N3+. The minimum atomic E-state index is 0.881. The number of guanidine groups is 1. The molecule has 0 amide bonds. The van der Waals surface area contributed by atoms with Gasteiger partial charge in [-0.15, -0.1) is 0 Å². The van der Waals surface area contributed by atoms with E-state index in [0.717, 1.165) is 43.8 Å². The normalized spacial score (nSPS) is 13.0. The lowest BCUT2D eigenvalue weighted by Crippen LogP contribution is -2.59. The summed E-state index contributed by atoms with van der Waals surface area (Å²) in [4.78, 5) is 7.17. The molecule has 0 rings (SSSR count). The Morgan fingerprint density at radius 3 is 1.56 bits per heavy atom. The fourth-order valence-electron chi connectivity index (χ4n) is 2.29. The number of nitrogens with zero attached hydrogens (tertiary/aromatic N) is 3. The van der Waals surface area contributed by atoms with Gasteiger partial charge in [-0.2, -0.15) is 0 Å². The Balaban J connectivity index is 5.22. The van der Waals surface area contributed by atoms with Crippen molar-refractivity contribution < 1.29 is 4.48 Å². The highest BCUT2D eigenvalue weighted by Gasteiger charge is 2.32. The lowest BCUT2D eigenvalue weighted by atomic mass is 10.3. The van der Waals surface area contributed by atoms with E-state index < -0.39 is 0 Å². The predicted octanol–water partition coefficient (Wildman–Crippen LogP) is 2.58. The predicted molar refractivity (Wildman–Crippen MR) is 72.8 cm³/mol. The summed E-state index contributed by atoms with van der Waals surface area (Å²) < 4.78 is 1.01. The monoisotopic (exact) mass is 228 g/mol. The van der Waals surface area contributed by atoms with Crippen molar-refractivity contribution in [1.29, 1.82) is 0 Å². The molecule has 0 aromatic carbocycles. The Morgan fingerprint density at radius 2 is 1.31 bits per heavy atom. The molecule has 0 aliphatic carbocycles. The van der Waals surface area contributed by atoms with Gasteiger partial charge in [0, 0.05) is 19.6 Å². The molecule has 0 N–H and O–H groups in total. The number of aliphatic imine (C=N–C) groups is 1. The maximum absolute atomic E-state index is 4.77. The van der Waals surface area contributed by atoms with E-state index in [-0.39, 0.29) is 0 Å². The summed E-state index contributed by atoms with van der Waals surface area (Å²) in [5.41, 5.74) is 0. The van der Waals surface area contributed by atoms with E-state index in [2.05, 4.69) is 46.4 Å². The quantitative estimate of drug-likeness (QED) is 0.387. The number of rotatable bonds is 6. The Kier molecular flexibility index (Phi) is 7.39. The molecule has 0 unspecified atom stereocenters. The van der Waals surface area contributed by atoms with Crippen molar-refractivity contribution in [1.82, 2.24) is 4.90 Å². The molecule has 0 saturated heterocycles. The van der Waals surface area contributed by atoms with Gasteiger partial charge >= 0.3 is 0 Å². The summed E-state index contributed by atoms with van der Waals surface area (Å²) >= 11 is 0. The second kappa shape index (κ2) is 7.66. The SMILES string of the molecule is CCN=C(N(CC)CC)[N+](CC)(CC)CC. The van der Waals surface area contributed by atoms with Crippen LogP contribution in [0.4, 0.5) is 0 Å². The van der Waals surface area contributed by atoms with Crippen LogP contribution in [-0.2, 0) is 0 Å². The van der Waals surface area contributed by atoms with Gasteiger partial charge in [0.1, 0.15) is 0 Å². The molecule has 0 aliphatic heterocycles. The van der Waals surface area contributed by atoms with Gasteiger partial charge < -0.3 is 4.90 Å². The van der Waals surface area contributed by atoms with Crippen molar-refractivity contribution in [2.24, 2.45) is 4.99 Å². The van der Waals surface area contributed by atoms with Crippen LogP contribution in [0, 0.1) is 0 Å². The third-order valence-corrected chi connectivity index (χ3v) is 3.59. The van der Waals surface area contributed by atoms with E-state index >= 15 is 0 Å². The summed E-state index contributed by atoms with van der Waals surface area (Å²) in [6.07, 6.45) is 0. The first kappa shape index (κ1) is 15.4. The van der Waals surface area contributed by atoms with E-state index in [1.807, 2.05) is 0 Å². The molecule has 0 heterocycles. The highest BCUT2D eigenvalue weighted by atomic mass is 15.5. The molecular weight excluding hydrogens is 198 g/mol. The second-order valence-electron chi connectivity index (χ2n) is 4.04. The molecule has 0 saturated carbocycles. The van der Waals surface area contributed by atoms with Gasteiger partial charge in [0.25, 0.3) is 5.96 Å². The van der Waals surface area contributed by atoms with E-state index in [1.165, 1.54) is 5.96 Å². The third kappa shape index (κ3) is 3.21. The molecule has 0 atom stereocenters. The fourth-order valence-corrected chi connectivity index (χ4v) is 2.29. The van der Waals surface area contributed by atoms with E-state index in [1.54, 1.807) is 0 Å². The number of hydrogen-bond donors (Lipinski definition) is 0. The van der Waals surface area contributed by atoms with Crippen molar-refractivity contribution in [3.63, 3.8) is 0 Å². The lowest BCUT2D eigenvalue weighted by Gasteiger charge is -2.39. The van der Waals surface area contributed by atoms with Gasteiger partial charge in [-0.25, -0.2) is 4.99 Å². The molecule has 16 heavy (non-hydrogen) atoms. The molecule has 0 bridgehead atoms. The van der Waals surface area contributed by atoms with Gasteiger partial charge in [0.05, 0.1) is 19.6 Å². The van der Waals surface area contributed by atoms with Gasteiger partial charge in [-0.1, -0.05) is 0 Å². The van der Waals surface area contributed by atoms with Crippen LogP contribution in [0.3, 0.4) is 0 Å². The van der Waals surface area contributed by atoms with E-state index in [0.29, 0.717) is 0 Å². The van der Waals surface area contributed by atoms with Crippen LogP contribution in [0.2, 0.25) is 0 Å². The van der Waals surface area contributed by atoms with Crippen LogP contribution in [0.1, 0.15) is 41.5 Å². The molecule has 0 fully saturated rings. The summed E-state index contributed by atoms with van der Waals surface area (Å²) in [6, 6.07) is 0. The fraction of sp³-hybridized carbons (Fsp3) is 0.923. The van der Waals surface area contributed by atoms with Crippen LogP contribution in [0.15, 0.2) is 4.99 Å². The summed E-state index contributed by atoms with van der Waals surface area (Å²) in [6.45, 7) is 19.7. The number of quaternary nitrogens is 1.